The van der Waals surface area contributed by atoms with Crippen molar-refractivity contribution in [1.29, 1.82) is 0 Å². The van der Waals surface area contributed by atoms with E-state index in [1.807, 2.05) is 0 Å². The van der Waals surface area contributed by atoms with Crippen LogP contribution in [0.4, 0.5) is 0 Å². The predicted octanol–water partition coefficient (Wildman–Crippen LogP) is 11.0. The molecule has 5 aromatic rings. The van der Waals surface area contributed by atoms with Crippen molar-refractivity contribution in [2.24, 2.45) is 5.41 Å². The molecule has 3 aliphatic carbocycles. The fourth-order valence-corrected chi connectivity index (χ4v) is 12.4. The molecule has 0 aromatic heterocycles. The summed E-state index contributed by atoms with van der Waals surface area (Å²) in [6.45, 7) is 14.4. The zero-order valence-corrected chi connectivity index (χ0v) is 33.8. The molecule has 0 N–H and O–H groups in total. The number of fused-ring (bicyclic) bond motifs is 2. The average molecular weight is 751 g/mol. The Kier molecular flexibility index (Phi) is 9.00. The number of hydrogen-bond donors (Lipinski definition) is 0. The third kappa shape index (κ3) is 5.92. The second-order valence-electron chi connectivity index (χ2n) is 16.4. The molecule has 1 atom stereocenters. The molecule has 8 rings (SSSR count). The Hall–Kier alpha value is -4.45. The van der Waals surface area contributed by atoms with Crippen LogP contribution >= 0.6 is 0 Å². The van der Waals surface area contributed by atoms with Crippen LogP contribution in [-0.2, 0) is 33.6 Å². The van der Waals surface area contributed by atoms with Gasteiger partial charge in [-0.15, -0.1) is 0 Å². The molecule has 1 unspecified atom stereocenters. The van der Waals surface area contributed by atoms with E-state index in [9.17, 15) is 0 Å². The van der Waals surface area contributed by atoms with E-state index >= 15 is 0 Å². The Labute approximate surface area is 321 Å². The molecule has 0 nitrogen and oxygen atoms in total. The summed E-state index contributed by atoms with van der Waals surface area (Å²) in [6, 6.07) is 50.0. The average Bonchev–Trinajstić information content (AvgIpc) is 3.80. The van der Waals surface area contributed by atoms with E-state index in [4.69, 9.17) is 0 Å². The summed E-state index contributed by atoms with van der Waals surface area (Å²) in [5.74, 6) is 0. The molecule has 0 amide bonds. The fourth-order valence-electron chi connectivity index (χ4n) is 8.54. The third-order valence-corrected chi connectivity index (χ3v) is 15.1. The van der Waals surface area contributed by atoms with E-state index in [1.165, 1.54) is 69.3 Å². The maximum atomic E-state index is 2.58. The summed E-state index contributed by atoms with van der Waals surface area (Å²) >= 11 is -1.51. The number of rotatable bonds is 6. The van der Waals surface area contributed by atoms with Crippen molar-refractivity contribution in [2.45, 2.75) is 58.8 Å². The van der Waals surface area contributed by atoms with Gasteiger partial charge in [-0.05, 0) is 0 Å². The molecule has 0 fully saturated rings. The van der Waals surface area contributed by atoms with Gasteiger partial charge in [-0.2, -0.15) is 0 Å². The second-order valence-corrected chi connectivity index (χ2v) is 19.5. The van der Waals surface area contributed by atoms with Crippen LogP contribution in [0.15, 0.2) is 181 Å². The van der Waals surface area contributed by atoms with E-state index < -0.39 is 22.8 Å². The zero-order valence-electron chi connectivity index (χ0n) is 31.3. The number of hydrogen-bond acceptors (Lipinski definition) is 0. The Bertz CT molecular complexity index is 2400. The van der Waals surface area contributed by atoms with E-state index in [-0.39, 0.29) is 16.2 Å². The fraction of sp³-hybridized carbons (Fsp3) is 0.196. The molecule has 0 aliphatic heterocycles. The zero-order chi connectivity index (χ0) is 36.1. The molecular formula is C51H47Zr. The van der Waals surface area contributed by atoms with Crippen LogP contribution in [0.25, 0.3) is 20.0 Å². The molecule has 3 aliphatic rings. The van der Waals surface area contributed by atoms with Gasteiger partial charge in [0.2, 0.25) is 0 Å². The first-order chi connectivity index (χ1) is 25.1. The van der Waals surface area contributed by atoms with Gasteiger partial charge >= 0.3 is 323 Å². The van der Waals surface area contributed by atoms with Crippen LogP contribution in [0, 0.1) is 5.41 Å². The SMILES string of the molecule is CC(C)(C)c1cc(-c2ccccc2)c2c(c1)=[C]([Zr]=[C](c1ccccc1)c1ccccc1)C1=C(C3=CC=CC3)C(c3ccccc3)(C(C)(C)C)C=CC=21. The quantitative estimate of drug-likeness (QED) is 0.162. The summed E-state index contributed by atoms with van der Waals surface area (Å²) in [6.07, 6.45) is 13.1. The second kappa shape index (κ2) is 13.5. The minimum atomic E-state index is -1.51. The van der Waals surface area contributed by atoms with Crippen LogP contribution in [0.3, 0.4) is 0 Å². The van der Waals surface area contributed by atoms with Gasteiger partial charge in [-0.1, -0.05) is 0 Å². The van der Waals surface area contributed by atoms with Crippen LogP contribution in [0.1, 0.15) is 70.2 Å². The molecular weight excluding hydrogens is 704 g/mol. The van der Waals surface area contributed by atoms with Crippen molar-refractivity contribution in [1.82, 2.24) is 0 Å². The van der Waals surface area contributed by atoms with Gasteiger partial charge in [0.05, 0.1) is 0 Å². The maximum absolute atomic E-state index is 2.58. The van der Waals surface area contributed by atoms with Crippen LogP contribution in [0.2, 0.25) is 0 Å². The van der Waals surface area contributed by atoms with E-state index in [2.05, 4.69) is 205 Å². The van der Waals surface area contributed by atoms with Crippen molar-refractivity contribution in [3.05, 3.63) is 213 Å². The van der Waals surface area contributed by atoms with Gasteiger partial charge in [-0.3, -0.25) is 0 Å². The van der Waals surface area contributed by atoms with E-state index in [0.717, 1.165) is 6.42 Å². The van der Waals surface area contributed by atoms with Gasteiger partial charge in [0.15, 0.2) is 0 Å². The minimum absolute atomic E-state index is 0.0112. The van der Waals surface area contributed by atoms with Crippen molar-refractivity contribution in [3.63, 3.8) is 0 Å². The summed E-state index contributed by atoms with van der Waals surface area (Å²) < 4.78 is 3.12. The number of allylic oxidation sites excluding steroid dienone is 8. The molecule has 1 heteroatoms. The van der Waals surface area contributed by atoms with Crippen LogP contribution in [-0.4, -0.2) is 3.21 Å². The molecule has 5 aromatic carbocycles. The number of benzene rings is 5. The Balaban J connectivity index is 1.62. The van der Waals surface area contributed by atoms with Gasteiger partial charge < -0.3 is 0 Å². The van der Waals surface area contributed by atoms with Gasteiger partial charge in [0, 0.05) is 0 Å². The standard InChI is InChI=1S/C38H37.C13H10.Zr/c1-36(2,3)30-23-28-24-33-31(34(28)32(25-30)26-15-9-7-10-16-26)21-22-38(37(4,5)6,29-19-11-8-12-20-29)35(33)27-17-13-14-18-27;1-3-7-12(8-4-1)11-13-9-5-2-6-10-13;/h7-17,19-23,25H,18H2,1-6H3;1-10H;. The van der Waals surface area contributed by atoms with Crippen LogP contribution in [0.5, 0.6) is 0 Å². The van der Waals surface area contributed by atoms with Crippen molar-refractivity contribution < 1.29 is 22.8 Å². The first-order valence-corrected chi connectivity index (χ1v) is 21.1. The van der Waals surface area contributed by atoms with E-state index in [0.29, 0.717) is 0 Å². The first-order valence-electron chi connectivity index (χ1n) is 18.7. The van der Waals surface area contributed by atoms with Crippen LogP contribution < -0.4 is 10.4 Å². The summed E-state index contributed by atoms with van der Waals surface area (Å²) in [5, 5.41) is 2.85. The van der Waals surface area contributed by atoms with Gasteiger partial charge in [0.25, 0.3) is 0 Å². The summed E-state index contributed by atoms with van der Waals surface area (Å²) in [7, 11) is 0. The van der Waals surface area contributed by atoms with Gasteiger partial charge in [0.1, 0.15) is 0 Å². The van der Waals surface area contributed by atoms with Crippen molar-refractivity contribution >= 4 is 12.1 Å². The Morgan fingerprint density at radius 3 is 1.79 bits per heavy atom. The normalized spacial score (nSPS) is 17.9. The Morgan fingerprint density at radius 2 is 1.25 bits per heavy atom. The summed E-state index contributed by atoms with van der Waals surface area (Å²) in [4.78, 5) is 0. The topological polar surface area (TPSA) is 0 Å². The van der Waals surface area contributed by atoms with Crippen molar-refractivity contribution in [2.75, 3.05) is 0 Å². The van der Waals surface area contributed by atoms with Crippen molar-refractivity contribution in [3.8, 4) is 11.1 Å². The molecule has 52 heavy (non-hydrogen) atoms. The molecule has 0 heterocycles. The molecule has 0 spiro atoms. The van der Waals surface area contributed by atoms with Gasteiger partial charge in [-0.25, -0.2) is 0 Å². The molecule has 0 bridgehead atoms. The molecule has 255 valence electrons. The Morgan fingerprint density at radius 1 is 0.673 bits per heavy atom. The monoisotopic (exact) mass is 749 g/mol. The first kappa shape index (κ1) is 34.6. The van der Waals surface area contributed by atoms with E-state index in [1.54, 1.807) is 3.28 Å². The summed E-state index contributed by atoms with van der Waals surface area (Å²) in [5.41, 5.74) is 13.5. The third-order valence-electron chi connectivity index (χ3n) is 11.2. The molecule has 0 saturated heterocycles. The predicted molar refractivity (Wildman–Crippen MR) is 218 cm³/mol. The molecule has 0 saturated carbocycles. The molecule has 0 radical (unpaired) electrons.